The van der Waals surface area contributed by atoms with Gasteiger partial charge in [0.05, 0.1) is 17.3 Å². The maximum absolute atomic E-state index is 13.3. The Hall–Kier alpha value is -2.86. The number of benzene rings is 2. The molecule has 5 nitrogen and oxygen atoms in total. The van der Waals surface area contributed by atoms with E-state index in [0.717, 1.165) is 11.1 Å². The van der Waals surface area contributed by atoms with Gasteiger partial charge < -0.3 is 4.74 Å². The van der Waals surface area contributed by atoms with Gasteiger partial charge in [-0.3, -0.25) is 9.69 Å². The molecule has 1 atom stereocenters. The average molecular weight is 449 g/mol. The maximum atomic E-state index is 13.3. The van der Waals surface area contributed by atoms with Crippen LogP contribution in [0.4, 0.5) is 0 Å². The molecule has 6 heteroatoms. The smallest absolute Gasteiger partial charge is 0.338 e. The van der Waals surface area contributed by atoms with Crippen LogP contribution in [0, 0.1) is 0 Å². The number of carbonyl (C=O) groups is 2. The third-order valence-corrected chi connectivity index (χ3v) is 6.69. The first-order chi connectivity index (χ1) is 15.3. The largest absolute Gasteiger partial charge is 0.457 e. The van der Waals surface area contributed by atoms with E-state index < -0.39 is 12.0 Å². The van der Waals surface area contributed by atoms with Crippen LogP contribution in [0.25, 0.3) is 0 Å². The summed E-state index contributed by atoms with van der Waals surface area (Å²) in [6.07, 6.45) is 0.422. The second-order valence-electron chi connectivity index (χ2n) is 9.09. The monoisotopic (exact) mass is 448 g/mol. The van der Waals surface area contributed by atoms with E-state index >= 15 is 0 Å². The van der Waals surface area contributed by atoms with Crippen LogP contribution in [0.15, 0.2) is 70.9 Å². The zero-order chi connectivity index (χ0) is 22.9. The zero-order valence-electron chi connectivity index (χ0n) is 18.9. The number of hydrogen-bond acceptors (Lipinski definition) is 5. The molecule has 0 saturated carbocycles. The fourth-order valence-electron chi connectivity index (χ4n) is 3.94. The summed E-state index contributed by atoms with van der Waals surface area (Å²) in [5, 5.41) is 0.656. The Morgan fingerprint density at radius 3 is 2.47 bits per heavy atom. The van der Waals surface area contributed by atoms with E-state index in [1.54, 1.807) is 16.7 Å². The van der Waals surface area contributed by atoms with Crippen molar-refractivity contribution in [1.29, 1.82) is 0 Å². The van der Waals surface area contributed by atoms with Crippen molar-refractivity contribution in [3.8, 4) is 0 Å². The van der Waals surface area contributed by atoms with Gasteiger partial charge in [0.2, 0.25) is 5.91 Å². The van der Waals surface area contributed by atoms with Gasteiger partial charge in [-0.15, -0.1) is 0 Å². The number of fused-ring (bicyclic) bond motifs is 1. The molecule has 1 amide bonds. The first kappa shape index (κ1) is 22.3. The summed E-state index contributed by atoms with van der Waals surface area (Å²) in [6.45, 7) is 8.48. The fourth-order valence-corrected chi connectivity index (χ4v) is 4.95. The summed E-state index contributed by atoms with van der Waals surface area (Å²) in [7, 11) is 0. The number of nitrogens with zero attached hydrogens (tertiary/aromatic N) is 2. The lowest BCUT2D eigenvalue weighted by atomic mass is 9.85. The Kier molecular flexibility index (Phi) is 6.24. The number of aliphatic imine (C=N–C) groups is 1. The molecule has 166 valence electrons. The van der Waals surface area contributed by atoms with Crippen molar-refractivity contribution in [2.45, 2.75) is 52.2 Å². The van der Waals surface area contributed by atoms with Crippen LogP contribution in [0.2, 0.25) is 0 Å². The van der Waals surface area contributed by atoms with Crippen LogP contribution in [-0.4, -0.2) is 27.7 Å². The minimum atomic E-state index is -0.542. The van der Waals surface area contributed by atoms with Gasteiger partial charge >= 0.3 is 5.97 Å². The van der Waals surface area contributed by atoms with Gasteiger partial charge in [0.1, 0.15) is 6.61 Å². The van der Waals surface area contributed by atoms with Gasteiger partial charge in [0.15, 0.2) is 5.17 Å². The fraction of sp³-hybridized carbons (Fsp3) is 0.346. The minimum absolute atomic E-state index is 0.0116. The van der Waals surface area contributed by atoms with E-state index in [-0.39, 0.29) is 17.9 Å². The molecule has 0 aliphatic carbocycles. The highest BCUT2D eigenvalue weighted by atomic mass is 32.2. The highest BCUT2D eigenvalue weighted by Crippen LogP contribution is 2.41. The number of amides is 1. The highest BCUT2D eigenvalue weighted by molar-refractivity contribution is 8.14. The molecule has 2 aliphatic heterocycles. The summed E-state index contributed by atoms with van der Waals surface area (Å²) in [4.78, 5) is 32.5. The molecule has 0 radical (unpaired) electrons. The van der Waals surface area contributed by atoms with Crippen LogP contribution in [-0.2, 0) is 26.3 Å². The van der Waals surface area contributed by atoms with E-state index in [1.165, 1.54) is 5.56 Å². The lowest BCUT2D eigenvalue weighted by Crippen LogP contribution is -2.45. The number of amidine groups is 1. The van der Waals surface area contributed by atoms with Crippen molar-refractivity contribution < 1.29 is 14.3 Å². The molecule has 0 N–H and O–H groups in total. The molecule has 1 saturated heterocycles. The number of thioether (sulfide) groups is 1. The zero-order valence-corrected chi connectivity index (χ0v) is 19.7. The van der Waals surface area contributed by atoms with Crippen LogP contribution in [0.5, 0.6) is 0 Å². The Balaban J connectivity index is 1.71. The van der Waals surface area contributed by atoms with Crippen LogP contribution >= 0.6 is 11.8 Å². The van der Waals surface area contributed by atoms with Crippen molar-refractivity contribution in [2.24, 2.45) is 4.99 Å². The van der Waals surface area contributed by atoms with Crippen molar-refractivity contribution in [2.75, 3.05) is 5.75 Å². The number of esters is 1. The molecule has 0 bridgehead atoms. The standard InChI is InChI=1S/C26H28N2O3S/c1-17-22(24(30)31-16-18-8-6-5-7-9-18)23(28-21(29)14-15-32-25(28)27-17)19-10-12-20(13-11-19)26(2,3)4/h5-13,23H,14-16H2,1-4H3. The lowest BCUT2D eigenvalue weighted by molar-refractivity contribution is -0.141. The van der Waals surface area contributed by atoms with Crippen LogP contribution in [0.1, 0.15) is 56.8 Å². The number of ether oxygens (including phenoxy) is 1. The van der Waals surface area contributed by atoms with Gasteiger partial charge in [-0.25, -0.2) is 9.79 Å². The van der Waals surface area contributed by atoms with Gasteiger partial charge in [0, 0.05) is 12.2 Å². The van der Waals surface area contributed by atoms with E-state index in [9.17, 15) is 9.59 Å². The van der Waals surface area contributed by atoms with Gasteiger partial charge in [-0.05, 0) is 29.0 Å². The van der Waals surface area contributed by atoms with Gasteiger partial charge in [-0.1, -0.05) is 87.1 Å². The van der Waals surface area contributed by atoms with Crippen molar-refractivity contribution in [3.05, 3.63) is 82.6 Å². The number of allylic oxidation sites excluding steroid dienone is 1. The lowest BCUT2D eigenvalue weighted by Gasteiger charge is -2.39. The van der Waals surface area contributed by atoms with Crippen LogP contribution in [0.3, 0.4) is 0 Å². The first-order valence-corrected chi connectivity index (χ1v) is 11.8. The van der Waals surface area contributed by atoms with E-state index in [4.69, 9.17) is 4.74 Å². The topological polar surface area (TPSA) is 59.0 Å². The Morgan fingerprint density at radius 2 is 1.81 bits per heavy atom. The van der Waals surface area contributed by atoms with Crippen molar-refractivity contribution in [1.82, 2.24) is 4.90 Å². The predicted octanol–water partition coefficient (Wildman–Crippen LogP) is 5.38. The Morgan fingerprint density at radius 1 is 1.12 bits per heavy atom. The molecule has 2 heterocycles. The second kappa shape index (κ2) is 8.94. The molecule has 0 spiro atoms. The summed E-state index contributed by atoms with van der Waals surface area (Å²) in [6, 6.07) is 17.2. The molecule has 2 aromatic carbocycles. The number of carbonyl (C=O) groups excluding carboxylic acids is 2. The SMILES string of the molecule is CC1=C(C(=O)OCc2ccccc2)C(c2ccc(C(C)(C)C)cc2)N2C(=O)CCSC2=N1. The Bertz CT molecular complexity index is 1080. The summed E-state index contributed by atoms with van der Waals surface area (Å²) >= 11 is 1.55. The normalized spacial score (nSPS) is 18.9. The molecule has 0 aromatic heterocycles. The summed E-state index contributed by atoms with van der Waals surface area (Å²) in [5.74, 6) is 0.237. The summed E-state index contributed by atoms with van der Waals surface area (Å²) < 4.78 is 5.67. The predicted molar refractivity (Wildman–Crippen MR) is 128 cm³/mol. The minimum Gasteiger partial charge on any atom is -0.457 e. The highest BCUT2D eigenvalue weighted by Gasteiger charge is 2.41. The molecular formula is C26H28N2O3S. The molecule has 2 aliphatic rings. The van der Waals surface area contributed by atoms with Crippen LogP contribution < -0.4 is 0 Å². The summed E-state index contributed by atoms with van der Waals surface area (Å²) in [5.41, 5.74) is 4.02. The number of hydrogen-bond donors (Lipinski definition) is 0. The second-order valence-corrected chi connectivity index (χ2v) is 10.2. The Labute approximate surface area is 193 Å². The quantitative estimate of drug-likeness (QED) is 0.590. The van der Waals surface area contributed by atoms with E-state index in [0.29, 0.717) is 28.6 Å². The average Bonchev–Trinajstić information content (AvgIpc) is 2.77. The maximum Gasteiger partial charge on any atom is 0.338 e. The molecule has 2 aromatic rings. The molecule has 4 rings (SSSR count). The number of rotatable bonds is 4. The molecule has 32 heavy (non-hydrogen) atoms. The van der Waals surface area contributed by atoms with Gasteiger partial charge in [-0.2, -0.15) is 0 Å². The third-order valence-electron chi connectivity index (χ3n) is 5.73. The van der Waals surface area contributed by atoms with Crippen molar-refractivity contribution in [3.63, 3.8) is 0 Å². The van der Waals surface area contributed by atoms with Gasteiger partial charge in [0.25, 0.3) is 0 Å². The van der Waals surface area contributed by atoms with E-state index in [2.05, 4.69) is 37.9 Å². The first-order valence-electron chi connectivity index (χ1n) is 10.8. The third kappa shape index (κ3) is 4.51. The molecule has 1 unspecified atom stereocenters. The molecule has 1 fully saturated rings. The van der Waals surface area contributed by atoms with Crippen molar-refractivity contribution >= 4 is 28.8 Å². The molecular weight excluding hydrogens is 420 g/mol. The van der Waals surface area contributed by atoms with E-state index in [1.807, 2.05) is 49.4 Å².